The summed E-state index contributed by atoms with van der Waals surface area (Å²) < 4.78 is 68.2. The van der Waals surface area contributed by atoms with Crippen molar-refractivity contribution in [3.8, 4) is 0 Å². The highest BCUT2D eigenvalue weighted by molar-refractivity contribution is 7.81. The molecule has 1 rings (SSSR count). The van der Waals surface area contributed by atoms with E-state index >= 15 is 0 Å². The first kappa shape index (κ1) is 29.7. The van der Waals surface area contributed by atoms with Crippen LogP contribution in [0.3, 0.4) is 0 Å². The van der Waals surface area contributed by atoms with Crippen molar-refractivity contribution in [1.82, 2.24) is 4.57 Å². The molecule has 0 radical (unpaired) electrons. The maximum Gasteiger partial charge on any atom is 0.243 e. The normalized spacial score (nSPS) is 10.7. The highest BCUT2D eigenvalue weighted by Gasteiger charge is 1.92. The first-order chi connectivity index (χ1) is 11.7. The minimum absolute atomic E-state index is 0.0914. The monoisotopic (exact) mass is 421 g/mol. The van der Waals surface area contributed by atoms with Gasteiger partial charge in [0.15, 0.2) is 0 Å². The molecule has 0 aliphatic heterocycles. The zero-order valence-corrected chi connectivity index (χ0v) is 18.0. The molecular formula is C13H31N3O8S2. The number of nitrogens with zero attached hydrogens (tertiary/aromatic N) is 2. The molecule has 0 aliphatic rings. The Morgan fingerprint density at radius 1 is 0.962 bits per heavy atom. The van der Waals surface area contributed by atoms with Crippen LogP contribution < -0.4 is 9.47 Å². The summed E-state index contributed by atoms with van der Waals surface area (Å²) in [6.45, 7) is 5.85. The molecule has 158 valence electrons. The van der Waals surface area contributed by atoms with Gasteiger partial charge in [-0.05, 0) is 20.8 Å². The van der Waals surface area contributed by atoms with Crippen molar-refractivity contribution in [1.29, 1.82) is 0 Å². The lowest BCUT2D eigenvalue weighted by atomic mass is 10.7. The van der Waals surface area contributed by atoms with Crippen LogP contribution in [0.1, 0.15) is 20.8 Å². The van der Waals surface area contributed by atoms with Gasteiger partial charge in [-0.2, -0.15) is 0 Å². The lowest BCUT2D eigenvalue weighted by molar-refractivity contribution is -0.836. The third-order valence-corrected chi connectivity index (χ3v) is 2.76. The predicted molar refractivity (Wildman–Crippen MR) is 92.7 cm³/mol. The summed E-state index contributed by atoms with van der Waals surface area (Å²) in [4.78, 5) is 1.42. The second-order valence-electron chi connectivity index (χ2n) is 5.04. The summed E-state index contributed by atoms with van der Waals surface area (Å²) in [5.41, 5.74) is 0. The summed E-state index contributed by atoms with van der Waals surface area (Å²) in [6, 6.07) is 0. The van der Waals surface area contributed by atoms with E-state index in [1.807, 2.05) is 17.8 Å². The molecule has 0 unspecified atom stereocenters. The zero-order chi connectivity index (χ0) is 21.4. The molecule has 0 spiro atoms. The summed E-state index contributed by atoms with van der Waals surface area (Å²) in [5, 5.41) is 0. The highest BCUT2D eigenvalue weighted by Crippen LogP contribution is 1.81. The molecule has 1 aromatic rings. The molecule has 13 heteroatoms. The molecule has 0 aromatic carbocycles. The van der Waals surface area contributed by atoms with Crippen molar-refractivity contribution < 1.29 is 43.8 Å². The third-order valence-electron chi connectivity index (χ3n) is 1.71. The number of aromatic nitrogens is 2. The maximum atomic E-state index is 9.45. The number of hydrogen-bond donors (Lipinski definition) is 1. The molecule has 1 aromatic heterocycles. The minimum Gasteiger partial charge on any atom is -0.726 e. The van der Waals surface area contributed by atoms with Crippen molar-refractivity contribution in [3.05, 3.63) is 18.7 Å². The number of nitrogens with one attached hydrogen (secondary N) is 1. The predicted octanol–water partition coefficient (Wildman–Crippen LogP) is -1.94. The van der Waals surface area contributed by atoms with E-state index in [4.69, 9.17) is 0 Å². The number of rotatable bonds is 5. The molecule has 0 atom stereocenters. The van der Waals surface area contributed by atoms with Crippen molar-refractivity contribution in [2.45, 2.75) is 27.3 Å². The third kappa shape index (κ3) is 34.3. The molecule has 1 heterocycles. The molecule has 0 fully saturated rings. The molecule has 0 amide bonds. The first-order valence-electron chi connectivity index (χ1n) is 7.66. The van der Waals surface area contributed by atoms with Crippen LogP contribution in [0.5, 0.6) is 0 Å². The fourth-order valence-corrected chi connectivity index (χ4v) is 1.55. The Kier molecular flexibility index (Phi) is 18.4. The molecule has 11 nitrogen and oxygen atoms in total. The van der Waals surface area contributed by atoms with Gasteiger partial charge in [-0.1, -0.05) is 0 Å². The molecule has 0 bridgehead atoms. The largest absolute Gasteiger partial charge is 0.726 e. The van der Waals surface area contributed by atoms with E-state index in [1.165, 1.54) is 18.7 Å². The van der Waals surface area contributed by atoms with Gasteiger partial charge in [0.1, 0.15) is 12.4 Å². The summed E-state index contributed by atoms with van der Waals surface area (Å²) in [7, 11) is -0.578. The maximum absolute atomic E-state index is 9.45. The van der Waals surface area contributed by atoms with Crippen LogP contribution in [0.4, 0.5) is 0 Å². The smallest absolute Gasteiger partial charge is 0.243 e. The molecule has 1 N–H and O–H groups in total. The van der Waals surface area contributed by atoms with Crippen LogP contribution in [-0.4, -0.2) is 64.9 Å². The van der Waals surface area contributed by atoms with Crippen LogP contribution in [0, 0.1) is 0 Å². The van der Waals surface area contributed by atoms with Crippen LogP contribution in [0.2, 0.25) is 0 Å². The van der Waals surface area contributed by atoms with Crippen molar-refractivity contribution in [3.63, 3.8) is 0 Å². The van der Waals surface area contributed by atoms with Crippen molar-refractivity contribution >= 4 is 20.8 Å². The topological polar surface area (TPSA) is 146 Å². The Labute approximate surface area is 157 Å². The van der Waals surface area contributed by atoms with Gasteiger partial charge in [-0.25, -0.2) is 26.0 Å². The molecule has 0 aliphatic carbocycles. The molecule has 0 saturated heterocycles. The van der Waals surface area contributed by atoms with Crippen LogP contribution in [0.15, 0.2) is 18.7 Å². The molecule has 0 saturated carbocycles. The Morgan fingerprint density at radius 2 is 1.31 bits per heavy atom. The summed E-state index contributed by atoms with van der Waals surface area (Å²) in [6.07, 6.45) is 6.14. The van der Waals surface area contributed by atoms with Gasteiger partial charge in [0.05, 0.1) is 47.9 Å². The van der Waals surface area contributed by atoms with Gasteiger partial charge < -0.3 is 14.0 Å². The van der Waals surface area contributed by atoms with Crippen LogP contribution in [0.25, 0.3) is 0 Å². The summed E-state index contributed by atoms with van der Waals surface area (Å²) >= 11 is 0. The fourth-order valence-electron chi connectivity index (χ4n) is 0.977. The minimum atomic E-state index is -4.42. The molecule has 26 heavy (non-hydrogen) atoms. The first-order valence-corrected chi connectivity index (χ1v) is 10.3. The Hall–Kier alpha value is -1.09. The van der Waals surface area contributed by atoms with Gasteiger partial charge in [0.25, 0.3) is 0 Å². The highest BCUT2D eigenvalue weighted by atomic mass is 32.3. The number of imidazole rings is 1. The second-order valence-corrected chi connectivity index (χ2v) is 7.14. The van der Waals surface area contributed by atoms with E-state index in [-0.39, 0.29) is 13.2 Å². The van der Waals surface area contributed by atoms with E-state index in [0.717, 1.165) is 6.54 Å². The Bertz CT molecular complexity index is 605. The van der Waals surface area contributed by atoms with E-state index in [2.05, 4.69) is 53.5 Å². The average Bonchev–Trinajstić information content (AvgIpc) is 2.82. The van der Waals surface area contributed by atoms with Gasteiger partial charge in [-0.15, -0.1) is 0 Å². The van der Waals surface area contributed by atoms with Crippen molar-refractivity contribution in [2.75, 3.05) is 34.4 Å². The van der Waals surface area contributed by atoms with E-state index in [0.29, 0.717) is 0 Å². The lowest BCUT2D eigenvalue weighted by Crippen LogP contribution is -3.02. The van der Waals surface area contributed by atoms with Crippen molar-refractivity contribution in [2.24, 2.45) is 7.05 Å². The molecular weight excluding hydrogens is 390 g/mol. The van der Waals surface area contributed by atoms with Gasteiger partial charge >= 0.3 is 0 Å². The Morgan fingerprint density at radius 3 is 1.38 bits per heavy atom. The number of hydrogen-bond acceptors (Lipinski definition) is 8. The fraction of sp³-hybridized carbons (Fsp3) is 0.769. The van der Waals surface area contributed by atoms with E-state index in [9.17, 15) is 25.9 Å². The van der Waals surface area contributed by atoms with Gasteiger partial charge in [-0.3, -0.25) is 8.37 Å². The van der Waals surface area contributed by atoms with Gasteiger partial charge in [0, 0.05) is 0 Å². The zero-order valence-electron chi connectivity index (χ0n) is 16.3. The number of aryl methyl sites for hydroxylation is 2. The number of quaternary nitrogens is 1. The average molecular weight is 422 g/mol. The Balaban J connectivity index is -0.000000279. The summed E-state index contributed by atoms with van der Waals surface area (Å²) in [5.74, 6) is 0. The van der Waals surface area contributed by atoms with E-state index < -0.39 is 20.8 Å². The van der Waals surface area contributed by atoms with E-state index in [1.54, 1.807) is 0 Å². The quantitative estimate of drug-likeness (QED) is 0.328. The van der Waals surface area contributed by atoms with Gasteiger partial charge in [0.2, 0.25) is 27.1 Å². The standard InChI is InChI=1S/C6H11N2.C3H9N.2C2H6O4S/c1-3-8-5-4-7(2)6-8;1-4(2)3;2*1-2-6-7(3,4)5/h4-6H,3H2,1-2H3;1-3H3;2*2H2,1H3,(H,3,4,5)/q+1;;;/p-1. The van der Waals surface area contributed by atoms with Crippen LogP contribution >= 0.6 is 0 Å². The van der Waals surface area contributed by atoms with Crippen LogP contribution in [-0.2, 0) is 42.8 Å². The second kappa shape index (κ2) is 16.1. The SMILES string of the molecule is CCOS(=O)(=O)[O-].CCOS(=O)(=O)[O-].CCn1cc[n+](C)c1.C[NH+](C)C. The lowest BCUT2D eigenvalue weighted by Gasteiger charge is -2.02.